The second-order valence-electron chi connectivity index (χ2n) is 2.17. The van der Waals surface area contributed by atoms with Crippen LogP contribution in [0.4, 0.5) is 13.2 Å². The van der Waals surface area contributed by atoms with Crippen LogP contribution in [-0.4, -0.2) is 24.3 Å². The minimum atomic E-state index is -4.33. The number of hydrogen-bond donors (Lipinski definition) is 0. The Bertz CT molecular complexity index is 180. The van der Waals surface area contributed by atoms with Crippen molar-refractivity contribution in [2.24, 2.45) is 9.98 Å². The van der Waals surface area contributed by atoms with Crippen LogP contribution in [0.2, 0.25) is 0 Å². The second-order valence-corrected chi connectivity index (χ2v) is 2.17. The number of hydrogen-bond acceptors (Lipinski definition) is 2. The molecule has 1 heterocycles. The van der Waals surface area contributed by atoms with Gasteiger partial charge in [0.25, 0.3) is 0 Å². The van der Waals surface area contributed by atoms with Crippen molar-refractivity contribution in [3.8, 4) is 0 Å². The van der Waals surface area contributed by atoms with E-state index in [9.17, 15) is 13.2 Å². The van der Waals surface area contributed by atoms with Crippen molar-refractivity contribution in [3.63, 3.8) is 0 Å². The standard InChI is InChI=1S/C5H5F3N2/c1-4(5(6,7)8)2-9-3-10-4/h2-3H,1H3. The van der Waals surface area contributed by atoms with Crippen LogP contribution in [0.3, 0.4) is 0 Å². The van der Waals surface area contributed by atoms with Gasteiger partial charge < -0.3 is 0 Å². The third-order valence-electron chi connectivity index (χ3n) is 1.29. The SMILES string of the molecule is CC1(C(F)(F)F)C=NC=N1. The lowest BCUT2D eigenvalue weighted by atomic mass is 10.1. The molecule has 0 spiro atoms. The summed E-state index contributed by atoms with van der Waals surface area (Å²) in [6, 6.07) is 0. The largest absolute Gasteiger partial charge is 0.418 e. The summed E-state index contributed by atoms with van der Waals surface area (Å²) in [6.45, 7) is 0.972. The highest BCUT2D eigenvalue weighted by Crippen LogP contribution is 2.33. The Morgan fingerprint density at radius 1 is 1.40 bits per heavy atom. The monoisotopic (exact) mass is 150 g/mol. The molecule has 0 N–H and O–H groups in total. The van der Waals surface area contributed by atoms with Gasteiger partial charge in [-0.25, -0.2) is 4.99 Å². The molecule has 0 saturated heterocycles. The van der Waals surface area contributed by atoms with Gasteiger partial charge in [0.05, 0.1) is 0 Å². The highest BCUT2D eigenvalue weighted by atomic mass is 19.4. The van der Waals surface area contributed by atoms with Gasteiger partial charge in [-0.05, 0) is 6.92 Å². The van der Waals surface area contributed by atoms with Gasteiger partial charge in [0, 0.05) is 6.21 Å². The lowest BCUT2D eigenvalue weighted by Crippen LogP contribution is -2.40. The maximum Gasteiger partial charge on any atom is 0.418 e. The molecule has 1 aliphatic heterocycles. The van der Waals surface area contributed by atoms with Crippen molar-refractivity contribution < 1.29 is 13.2 Å². The van der Waals surface area contributed by atoms with E-state index in [-0.39, 0.29) is 0 Å². The molecule has 0 fully saturated rings. The zero-order valence-corrected chi connectivity index (χ0v) is 5.18. The molecule has 0 aromatic rings. The zero-order valence-electron chi connectivity index (χ0n) is 5.18. The van der Waals surface area contributed by atoms with Crippen LogP contribution < -0.4 is 0 Å². The first-order valence-electron chi connectivity index (χ1n) is 2.60. The summed E-state index contributed by atoms with van der Waals surface area (Å²) in [4.78, 5) is 6.43. The molecule has 0 aromatic heterocycles. The summed E-state index contributed by atoms with van der Waals surface area (Å²) < 4.78 is 35.8. The van der Waals surface area contributed by atoms with E-state index >= 15 is 0 Å². The molecule has 0 amide bonds. The average molecular weight is 150 g/mol. The molecular weight excluding hydrogens is 145 g/mol. The Kier molecular flexibility index (Phi) is 1.31. The Hall–Kier alpha value is -0.870. The topological polar surface area (TPSA) is 24.7 Å². The Labute approximate surface area is 55.5 Å². The Morgan fingerprint density at radius 2 is 2.00 bits per heavy atom. The third kappa shape index (κ3) is 0.913. The first kappa shape index (κ1) is 7.24. The van der Waals surface area contributed by atoms with Crippen molar-refractivity contribution in [1.82, 2.24) is 0 Å². The second kappa shape index (κ2) is 1.81. The summed E-state index contributed by atoms with van der Waals surface area (Å²) in [5.41, 5.74) is -2.09. The third-order valence-corrected chi connectivity index (χ3v) is 1.29. The predicted octanol–water partition coefficient (Wildman–Crippen LogP) is 1.42. The maximum absolute atomic E-state index is 11.9. The van der Waals surface area contributed by atoms with Crippen molar-refractivity contribution in [3.05, 3.63) is 0 Å². The molecular formula is C5H5F3N2. The summed E-state index contributed by atoms with van der Waals surface area (Å²) in [7, 11) is 0. The number of aliphatic imine (C=N–C) groups is 2. The minimum absolute atomic E-state index is 0.785. The van der Waals surface area contributed by atoms with Crippen molar-refractivity contribution in [1.29, 1.82) is 0 Å². The zero-order chi connectivity index (χ0) is 7.83. The van der Waals surface area contributed by atoms with Gasteiger partial charge in [0.2, 0.25) is 0 Å². The lowest BCUT2D eigenvalue weighted by Gasteiger charge is -2.19. The predicted molar refractivity (Wildman–Crippen MR) is 31.4 cm³/mol. The fourth-order valence-corrected chi connectivity index (χ4v) is 0.511. The number of nitrogens with zero attached hydrogens (tertiary/aromatic N) is 2. The smallest absolute Gasteiger partial charge is 0.252 e. The van der Waals surface area contributed by atoms with Crippen LogP contribution in [0.1, 0.15) is 6.92 Å². The molecule has 1 atom stereocenters. The fraction of sp³-hybridized carbons (Fsp3) is 0.600. The summed E-state index contributed by atoms with van der Waals surface area (Å²) in [6.07, 6.45) is -2.63. The number of rotatable bonds is 0. The van der Waals surface area contributed by atoms with E-state index < -0.39 is 11.7 Å². The van der Waals surface area contributed by atoms with Gasteiger partial charge in [-0.15, -0.1) is 0 Å². The molecule has 0 aromatic carbocycles. The van der Waals surface area contributed by atoms with E-state index in [4.69, 9.17) is 0 Å². The van der Waals surface area contributed by atoms with E-state index in [0.29, 0.717) is 0 Å². The first-order valence-corrected chi connectivity index (χ1v) is 2.60. The van der Waals surface area contributed by atoms with Crippen LogP contribution in [-0.2, 0) is 0 Å². The summed E-state index contributed by atoms with van der Waals surface area (Å²) >= 11 is 0. The van der Waals surface area contributed by atoms with Gasteiger partial charge in [-0.3, -0.25) is 4.99 Å². The van der Waals surface area contributed by atoms with E-state index in [0.717, 1.165) is 19.5 Å². The molecule has 5 heteroatoms. The molecule has 0 bridgehead atoms. The first-order chi connectivity index (χ1) is 4.46. The molecule has 1 aliphatic rings. The van der Waals surface area contributed by atoms with Crippen LogP contribution in [0.15, 0.2) is 9.98 Å². The number of halogens is 3. The van der Waals surface area contributed by atoms with Crippen LogP contribution in [0, 0.1) is 0 Å². The van der Waals surface area contributed by atoms with Gasteiger partial charge in [0.15, 0.2) is 5.54 Å². The molecule has 0 saturated carbocycles. The van der Waals surface area contributed by atoms with Gasteiger partial charge in [-0.2, -0.15) is 13.2 Å². The molecule has 2 nitrogen and oxygen atoms in total. The van der Waals surface area contributed by atoms with Crippen molar-refractivity contribution in [2.75, 3.05) is 0 Å². The van der Waals surface area contributed by atoms with E-state index in [1.54, 1.807) is 0 Å². The van der Waals surface area contributed by atoms with Crippen LogP contribution >= 0.6 is 0 Å². The van der Waals surface area contributed by atoms with Gasteiger partial charge in [-0.1, -0.05) is 0 Å². The van der Waals surface area contributed by atoms with Crippen LogP contribution in [0.5, 0.6) is 0 Å². The van der Waals surface area contributed by atoms with Gasteiger partial charge >= 0.3 is 6.18 Å². The Balaban J connectivity index is 2.90. The lowest BCUT2D eigenvalue weighted by molar-refractivity contribution is -0.157. The van der Waals surface area contributed by atoms with Gasteiger partial charge in [0.1, 0.15) is 6.34 Å². The van der Waals surface area contributed by atoms with Crippen molar-refractivity contribution in [2.45, 2.75) is 18.6 Å². The number of alkyl halides is 3. The highest BCUT2D eigenvalue weighted by Gasteiger charge is 2.51. The van der Waals surface area contributed by atoms with Crippen molar-refractivity contribution >= 4 is 12.6 Å². The van der Waals surface area contributed by atoms with E-state index in [1.807, 2.05) is 0 Å². The summed E-state index contributed by atoms with van der Waals surface area (Å²) in [5.74, 6) is 0. The molecule has 1 rings (SSSR count). The molecule has 0 aliphatic carbocycles. The fourth-order valence-electron chi connectivity index (χ4n) is 0.511. The summed E-state index contributed by atoms with van der Waals surface area (Å²) in [5, 5.41) is 0. The molecule has 0 radical (unpaired) electrons. The quantitative estimate of drug-likeness (QED) is 0.499. The average Bonchev–Trinajstić information content (AvgIpc) is 2.13. The molecule has 56 valence electrons. The van der Waals surface area contributed by atoms with E-state index in [2.05, 4.69) is 9.98 Å². The minimum Gasteiger partial charge on any atom is -0.252 e. The Morgan fingerprint density at radius 3 is 2.20 bits per heavy atom. The van der Waals surface area contributed by atoms with Crippen LogP contribution in [0.25, 0.3) is 0 Å². The normalized spacial score (nSPS) is 31.6. The maximum atomic E-state index is 11.9. The molecule has 1 unspecified atom stereocenters. The molecule has 10 heavy (non-hydrogen) atoms. The van der Waals surface area contributed by atoms with E-state index in [1.165, 1.54) is 0 Å². The highest BCUT2D eigenvalue weighted by molar-refractivity contribution is 5.86.